The molecule has 0 bridgehead atoms. The molecular weight excluding hydrogens is 1820 g/mol. The van der Waals surface area contributed by atoms with Crippen molar-refractivity contribution in [1.82, 2.24) is 31.9 Å². The van der Waals surface area contributed by atoms with Crippen molar-refractivity contribution in [1.29, 1.82) is 0 Å². The number of rotatable bonds is 0. The summed E-state index contributed by atoms with van der Waals surface area (Å²) in [5.41, 5.74) is 3.17. The van der Waals surface area contributed by atoms with E-state index in [9.17, 15) is 17.6 Å². The number of allylic oxidation sites excluding steroid dienone is 4. The van der Waals surface area contributed by atoms with Crippen LogP contribution in [0.2, 0.25) is 0 Å². The van der Waals surface area contributed by atoms with E-state index in [2.05, 4.69) is 224 Å². The van der Waals surface area contributed by atoms with Gasteiger partial charge in [0.1, 0.15) is 24.7 Å². The summed E-state index contributed by atoms with van der Waals surface area (Å²) in [6.45, 7) is 86.3. The second kappa shape index (κ2) is 98.5. The van der Waals surface area contributed by atoms with Gasteiger partial charge in [0.05, 0.1) is 51.0 Å². The van der Waals surface area contributed by atoms with Gasteiger partial charge in [-0.1, -0.05) is 279 Å². The number of piperidine rings is 2. The van der Waals surface area contributed by atoms with Crippen molar-refractivity contribution in [3.63, 3.8) is 0 Å². The van der Waals surface area contributed by atoms with Crippen LogP contribution in [-0.4, -0.2) is 202 Å². The highest BCUT2D eigenvalue weighted by atomic mass is 19.2. The van der Waals surface area contributed by atoms with Crippen molar-refractivity contribution < 1.29 is 96.7 Å². The molecule has 6 saturated carbocycles. The largest absolute Gasteiger partial charge is 0.412 e. The Balaban J connectivity index is -0.000000145. The van der Waals surface area contributed by atoms with E-state index < -0.39 is 24.7 Å². The lowest BCUT2D eigenvalue weighted by Gasteiger charge is -2.30. The van der Waals surface area contributed by atoms with Crippen LogP contribution in [0.4, 0.5) is 17.6 Å². The van der Waals surface area contributed by atoms with Crippen molar-refractivity contribution >= 4 is 0 Å². The van der Waals surface area contributed by atoms with Gasteiger partial charge in [-0.25, -0.2) is 17.6 Å². The molecule has 8 heterocycles. The highest BCUT2D eigenvalue weighted by Gasteiger charge is 2.36. The molecule has 876 valence electrons. The van der Waals surface area contributed by atoms with E-state index in [1.807, 2.05) is 41.5 Å². The van der Waals surface area contributed by atoms with Gasteiger partial charge in [-0.3, -0.25) is 0 Å². The van der Waals surface area contributed by atoms with Crippen LogP contribution in [0.25, 0.3) is 0 Å². The fourth-order valence-electron chi connectivity index (χ4n) is 18.4. The zero-order chi connectivity index (χ0) is 101. The summed E-state index contributed by atoms with van der Waals surface area (Å²) >= 11 is 0. The number of hydrogen-bond acceptors (Lipinski definition) is 12. The Morgan fingerprint density at radius 1 is 0.224 bits per heavy atom. The first-order chi connectivity index (χ1) is 63.3. The van der Waals surface area contributed by atoms with Crippen LogP contribution in [0.15, 0.2) is 23.3 Å². The first kappa shape index (κ1) is 161. The predicted octanol–water partition coefficient (Wildman–Crippen LogP) is 24.9. The first-order valence-electron chi connectivity index (χ1n) is 57.2. The van der Waals surface area contributed by atoms with Crippen molar-refractivity contribution in [3.05, 3.63) is 23.3 Å². The lowest BCUT2D eigenvalue weighted by molar-refractivity contribution is -0.187. The molecule has 0 radical (unpaired) electrons. The summed E-state index contributed by atoms with van der Waals surface area (Å²) in [7, 11) is 0. The van der Waals surface area contributed by atoms with Crippen molar-refractivity contribution in [2.75, 3.05) is 78.9 Å². The minimum Gasteiger partial charge on any atom is -0.412 e. The molecule has 16 rings (SSSR count). The smallest absolute Gasteiger partial charge is 0.154 e. The van der Waals surface area contributed by atoms with Gasteiger partial charge in [0.2, 0.25) is 0 Å². The van der Waals surface area contributed by atoms with Crippen LogP contribution in [0.1, 0.15) is 455 Å². The zero-order valence-corrected chi connectivity index (χ0v) is 99.8. The molecule has 0 amide bonds. The number of hydrogen-bond donors (Lipinski definition) is 6. The third-order valence-corrected chi connectivity index (χ3v) is 30.7. The van der Waals surface area contributed by atoms with E-state index in [4.69, 9.17) is 28.4 Å². The summed E-state index contributed by atoms with van der Waals surface area (Å²) in [6.07, 6.45) is 47.8. The Morgan fingerprint density at radius 3 is 0.608 bits per heavy atom. The van der Waals surface area contributed by atoms with Gasteiger partial charge in [-0.15, -0.1) is 0 Å². The molecule has 0 aromatic rings. The van der Waals surface area contributed by atoms with E-state index in [0.717, 1.165) is 199 Å². The summed E-state index contributed by atoms with van der Waals surface area (Å²) < 4.78 is 82.8. The van der Waals surface area contributed by atoms with Crippen LogP contribution in [0.3, 0.4) is 0 Å². The molecule has 20 unspecified atom stereocenters. The standard InChI is InChI=1S/C8H14F2.2C8H15F.3C8H16.2C8H14.2C7H15N.2C7H14O.2C6H14N2.2C6H12O2.C2H6.9H2O.H2/c1-5-3-4-6(2)8(10)7(5)9;2*1-6-3-4-7(2)8(9)5-6;5*1-7-3-5-8(2)6-4-7;4*1-6-3-4-7(2)8-5-6;4*1-5-3-7-6(2)8-4-5;1-2;;;;;;;;;;/h5-8H,3-4H2,1-2H3;2*6-8H,3-5H2,1-2H3;3*7-8H,3-6H2,1-2H3;2*3,8H,4-6H2,1-2H3;2*6-8H,3-5H2,1-2H3;2*6-7H,3-5H2,1-2H3;2*5-8H,3-4H2,1-2H3;2*5-6H,3-4H2,1-2H3;1-2H3;9*1H2;1H. The Bertz CT molecular complexity index is 2110. The summed E-state index contributed by atoms with van der Waals surface area (Å²) in [5, 5.41) is 20.1. The maximum absolute atomic E-state index is 12.8. The van der Waals surface area contributed by atoms with Crippen LogP contribution in [0, 0.1) is 130 Å². The van der Waals surface area contributed by atoms with Crippen molar-refractivity contribution in [2.45, 2.75) is 528 Å². The SMILES string of the molecule is CC.CC1=CCC(C)CC1.CC1=CCC(C)CC1.CC1CCC(C)C(F)C1.CC1CCC(C)C(F)C1.CC1CCC(C)C(F)C1F.CC1CCC(C)CC1.CC1CCC(C)CC1.CC1CCC(C)CC1.CC1CCC(C)NC1.CC1CCC(C)NC1.CC1CCC(C)OC1.CC1CCC(C)OC1.CC1CNC(C)NC1.CC1CNC(C)NC1.CC1COC(C)OC1.CC1COC(C)OC1.O.O.O.O.O.O.O.O.O.[HH]. The van der Waals surface area contributed by atoms with E-state index in [1.54, 1.807) is 25.0 Å². The maximum atomic E-state index is 12.8. The molecule has 8 saturated heterocycles. The third-order valence-electron chi connectivity index (χ3n) is 30.7. The van der Waals surface area contributed by atoms with Gasteiger partial charge < -0.3 is 110 Å². The minimum atomic E-state index is -1.22. The molecule has 0 aromatic heterocycles. The zero-order valence-electron chi connectivity index (χ0n) is 99.8. The topological polar surface area (TPSA) is 411 Å². The van der Waals surface area contributed by atoms with Gasteiger partial charge in [0.15, 0.2) is 12.6 Å². The lowest BCUT2D eigenvalue weighted by Crippen LogP contribution is -2.50. The quantitative estimate of drug-likeness (QED) is 0.0973. The van der Waals surface area contributed by atoms with Gasteiger partial charge in [0, 0.05) is 64.7 Å². The maximum Gasteiger partial charge on any atom is 0.154 e. The van der Waals surface area contributed by atoms with E-state index in [-0.39, 0.29) is 75.1 Å². The lowest BCUT2D eigenvalue weighted by atomic mass is 9.81. The molecule has 20 atom stereocenters. The molecule has 143 heavy (non-hydrogen) atoms. The fraction of sp³-hybridized carbons (Fsp3) is 0.966. The molecular formula is C118H256F4N6O15. The van der Waals surface area contributed by atoms with Gasteiger partial charge >= 0.3 is 0 Å². The van der Waals surface area contributed by atoms with E-state index >= 15 is 0 Å². The Kier molecular flexibility index (Phi) is 111. The van der Waals surface area contributed by atoms with Gasteiger partial charge in [-0.2, -0.15) is 0 Å². The molecule has 0 spiro atoms. The second-order valence-corrected chi connectivity index (χ2v) is 47.8. The Labute approximate surface area is 884 Å². The molecule has 8 aliphatic heterocycles. The highest BCUT2D eigenvalue weighted by molar-refractivity contribution is 5.03. The van der Waals surface area contributed by atoms with Crippen molar-refractivity contribution in [3.8, 4) is 0 Å². The molecule has 25 heteroatoms. The summed E-state index contributed by atoms with van der Waals surface area (Å²) in [5.74, 6) is 15.9. The van der Waals surface area contributed by atoms with Gasteiger partial charge in [-0.05, 0) is 329 Å². The second-order valence-electron chi connectivity index (χ2n) is 47.8. The molecule has 8 aliphatic carbocycles. The first-order valence-corrected chi connectivity index (χ1v) is 57.2. The average molecular weight is 2080 g/mol. The number of alkyl halides is 4. The Hall–Kier alpha value is -1.64. The van der Waals surface area contributed by atoms with Crippen LogP contribution in [0.5, 0.6) is 0 Å². The summed E-state index contributed by atoms with van der Waals surface area (Å²) in [6, 6.07) is 1.54. The molecule has 0 aromatic carbocycles. The normalized spacial score (nSPS) is 36.9. The van der Waals surface area contributed by atoms with Crippen LogP contribution in [-0.2, 0) is 28.4 Å². The molecule has 16 aliphatic rings. The van der Waals surface area contributed by atoms with E-state index in [0.29, 0.717) is 60.0 Å². The Morgan fingerprint density at radius 2 is 0.441 bits per heavy atom. The molecule has 14 fully saturated rings. The van der Waals surface area contributed by atoms with Crippen LogP contribution < -0.4 is 31.9 Å². The summed E-state index contributed by atoms with van der Waals surface area (Å²) in [4.78, 5) is 0. The predicted molar refractivity (Wildman–Crippen MR) is 611 cm³/mol. The monoisotopic (exact) mass is 2070 g/mol. The number of ether oxygens (including phenoxy) is 6. The molecule has 21 nitrogen and oxygen atoms in total. The van der Waals surface area contributed by atoms with Gasteiger partial charge in [0.25, 0.3) is 0 Å². The van der Waals surface area contributed by atoms with Crippen molar-refractivity contribution in [2.24, 2.45) is 130 Å². The minimum absolute atomic E-state index is 0. The number of halogens is 4. The third kappa shape index (κ3) is 91.5. The fourth-order valence-corrected chi connectivity index (χ4v) is 18.4. The van der Waals surface area contributed by atoms with E-state index in [1.165, 1.54) is 193 Å². The highest BCUT2D eigenvalue weighted by Crippen LogP contribution is 2.36. The molecule has 24 N–H and O–H groups in total. The van der Waals surface area contributed by atoms with Crippen LogP contribution >= 0.6 is 0 Å². The number of nitrogens with one attached hydrogen (secondary N) is 6. The average Bonchev–Trinajstić information content (AvgIpc) is 0.887.